The third kappa shape index (κ3) is 3.22. The Morgan fingerprint density at radius 3 is 2.77 bits per heavy atom. The van der Waals surface area contributed by atoms with Crippen molar-refractivity contribution in [3.63, 3.8) is 0 Å². The van der Waals surface area contributed by atoms with Gasteiger partial charge in [-0.05, 0) is 31.2 Å². The van der Waals surface area contributed by atoms with Crippen molar-refractivity contribution >= 4 is 34.4 Å². The molecule has 0 saturated heterocycles. The molecule has 0 saturated carbocycles. The summed E-state index contributed by atoms with van der Waals surface area (Å²) in [6, 6.07) is 13.4. The summed E-state index contributed by atoms with van der Waals surface area (Å²) >= 11 is 1.44. The minimum atomic E-state index is -0.293. The number of hydrogen-bond acceptors (Lipinski definition) is 5. The number of carbonyl (C=O) groups excluding carboxylic acids is 1. The molecular weight excluding hydrogens is 350 g/mol. The smallest absolute Gasteiger partial charge is 0.237 e. The van der Waals surface area contributed by atoms with Gasteiger partial charge in [0.15, 0.2) is 16.7 Å². The lowest BCUT2D eigenvalue weighted by Gasteiger charge is -2.19. The summed E-state index contributed by atoms with van der Waals surface area (Å²) in [4.78, 5) is 17.2. The molecule has 0 spiro atoms. The molecule has 3 aromatic rings. The van der Waals surface area contributed by atoms with E-state index in [0.29, 0.717) is 30.4 Å². The van der Waals surface area contributed by atoms with Crippen molar-refractivity contribution in [2.24, 2.45) is 7.05 Å². The number of nitrogens with one attached hydrogen (secondary N) is 1. The van der Waals surface area contributed by atoms with Gasteiger partial charge in [0.1, 0.15) is 13.2 Å². The molecule has 0 unspecified atom stereocenters. The van der Waals surface area contributed by atoms with Crippen LogP contribution in [0, 0.1) is 0 Å². The van der Waals surface area contributed by atoms with E-state index in [1.807, 2.05) is 54.9 Å². The molecule has 2 heterocycles. The number of fused-ring (bicyclic) bond motifs is 2. The van der Waals surface area contributed by atoms with Gasteiger partial charge in [-0.15, -0.1) is 0 Å². The Hall–Kier alpha value is -2.67. The van der Waals surface area contributed by atoms with Crippen LogP contribution < -0.4 is 14.8 Å². The number of aromatic nitrogens is 2. The van der Waals surface area contributed by atoms with E-state index in [-0.39, 0.29) is 11.2 Å². The van der Waals surface area contributed by atoms with Gasteiger partial charge in [-0.25, -0.2) is 4.98 Å². The summed E-state index contributed by atoms with van der Waals surface area (Å²) in [5.41, 5.74) is 2.67. The molecular formula is C19H19N3O3S. The third-order valence-corrected chi connectivity index (χ3v) is 5.35. The van der Waals surface area contributed by atoms with E-state index in [4.69, 9.17) is 9.47 Å². The molecule has 1 aliphatic heterocycles. The van der Waals surface area contributed by atoms with Crippen LogP contribution in [0.3, 0.4) is 0 Å². The van der Waals surface area contributed by atoms with Crippen molar-refractivity contribution in [1.29, 1.82) is 0 Å². The van der Waals surface area contributed by atoms with Crippen LogP contribution >= 0.6 is 11.8 Å². The predicted octanol–water partition coefficient (Wildman–Crippen LogP) is 3.46. The Labute approximate surface area is 155 Å². The second-order valence-corrected chi connectivity index (χ2v) is 7.36. The van der Waals surface area contributed by atoms with Crippen molar-refractivity contribution in [2.75, 3.05) is 18.5 Å². The zero-order chi connectivity index (χ0) is 18.1. The number of benzene rings is 2. The summed E-state index contributed by atoms with van der Waals surface area (Å²) in [7, 11) is 1.96. The topological polar surface area (TPSA) is 65.4 Å². The second kappa shape index (κ2) is 6.92. The molecule has 1 N–H and O–H groups in total. The first kappa shape index (κ1) is 16.8. The highest BCUT2D eigenvalue weighted by atomic mass is 32.2. The van der Waals surface area contributed by atoms with Gasteiger partial charge in [-0.3, -0.25) is 4.79 Å². The highest BCUT2D eigenvalue weighted by Gasteiger charge is 2.19. The third-order valence-electron chi connectivity index (χ3n) is 4.21. The van der Waals surface area contributed by atoms with Gasteiger partial charge < -0.3 is 19.4 Å². The maximum atomic E-state index is 12.6. The molecule has 134 valence electrons. The molecule has 0 bridgehead atoms. The number of imidazole rings is 1. The molecule has 0 radical (unpaired) electrons. The molecule has 0 aliphatic carbocycles. The van der Waals surface area contributed by atoms with E-state index < -0.39 is 0 Å². The molecule has 26 heavy (non-hydrogen) atoms. The van der Waals surface area contributed by atoms with E-state index in [1.54, 1.807) is 6.07 Å². The number of rotatable bonds is 4. The fourth-order valence-corrected chi connectivity index (χ4v) is 3.70. The lowest BCUT2D eigenvalue weighted by molar-refractivity contribution is -0.115. The zero-order valence-corrected chi connectivity index (χ0v) is 15.4. The van der Waals surface area contributed by atoms with Crippen molar-refractivity contribution in [3.05, 3.63) is 42.5 Å². The summed E-state index contributed by atoms with van der Waals surface area (Å²) in [6.45, 7) is 2.94. The van der Waals surface area contributed by atoms with Gasteiger partial charge in [0.25, 0.3) is 0 Å². The number of anilines is 1. The first-order valence-corrected chi connectivity index (χ1v) is 9.28. The molecule has 0 fully saturated rings. The fraction of sp³-hybridized carbons (Fsp3) is 0.263. The van der Waals surface area contributed by atoms with Crippen molar-refractivity contribution in [2.45, 2.75) is 17.3 Å². The lowest BCUT2D eigenvalue weighted by atomic mass is 10.2. The van der Waals surface area contributed by atoms with Crippen molar-refractivity contribution in [1.82, 2.24) is 9.55 Å². The van der Waals surface area contributed by atoms with E-state index in [2.05, 4.69) is 10.3 Å². The van der Waals surface area contributed by atoms with Gasteiger partial charge >= 0.3 is 0 Å². The monoisotopic (exact) mass is 369 g/mol. The van der Waals surface area contributed by atoms with Gasteiger partial charge in [-0.1, -0.05) is 23.9 Å². The highest BCUT2D eigenvalue weighted by molar-refractivity contribution is 8.00. The van der Waals surface area contributed by atoms with Gasteiger partial charge in [-0.2, -0.15) is 0 Å². The van der Waals surface area contributed by atoms with Crippen LogP contribution in [0.5, 0.6) is 11.5 Å². The number of thioether (sulfide) groups is 1. The average Bonchev–Trinajstić information content (AvgIpc) is 2.97. The minimum Gasteiger partial charge on any atom is -0.486 e. The number of para-hydroxylation sites is 2. The summed E-state index contributed by atoms with van der Waals surface area (Å²) in [5, 5.41) is 3.46. The van der Waals surface area contributed by atoms with Gasteiger partial charge in [0.2, 0.25) is 5.91 Å². The lowest BCUT2D eigenvalue weighted by Crippen LogP contribution is -2.23. The summed E-state index contributed by atoms with van der Waals surface area (Å²) in [6.07, 6.45) is 0. The van der Waals surface area contributed by atoms with Crippen LogP contribution in [0.15, 0.2) is 47.6 Å². The van der Waals surface area contributed by atoms with Crippen LogP contribution in [-0.4, -0.2) is 33.9 Å². The summed E-state index contributed by atoms with van der Waals surface area (Å²) < 4.78 is 13.1. The SMILES string of the molecule is C[C@H](Sc1nc2ccccc2n1C)C(=O)Nc1ccc2c(c1)OCCO2. The highest BCUT2D eigenvalue weighted by Crippen LogP contribution is 2.33. The Morgan fingerprint density at radius 1 is 1.19 bits per heavy atom. The average molecular weight is 369 g/mol. The molecule has 1 atom stereocenters. The van der Waals surface area contributed by atoms with Crippen molar-refractivity contribution in [3.8, 4) is 11.5 Å². The summed E-state index contributed by atoms with van der Waals surface area (Å²) in [5.74, 6) is 1.28. The molecule has 4 rings (SSSR count). The maximum absolute atomic E-state index is 12.6. The van der Waals surface area contributed by atoms with Crippen LogP contribution in [0.2, 0.25) is 0 Å². The Morgan fingerprint density at radius 2 is 1.96 bits per heavy atom. The van der Waals surface area contributed by atoms with Crippen LogP contribution in [0.25, 0.3) is 11.0 Å². The van der Waals surface area contributed by atoms with Crippen LogP contribution in [-0.2, 0) is 11.8 Å². The molecule has 2 aromatic carbocycles. The van der Waals surface area contributed by atoms with E-state index in [1.165, 1.54) is 11.8 Å². The van der Waals surface area contributed by atoms with Crippen molar-refractivity contribution < 1.29 is 14.3 Å². The molecule has 1 aliphatic rings. The quantitative estimate of drug-likeness (QED) is 0.714. The molecule has 6 nitrogen and oxygen atoms in total. The Kier molecular flexibility index (Phi) is 4.46. The van der Waals surface area contributed by atoms with E-state index >= 15 is 0 Å². The predicted molar refractivity (Wildman–Crippen MR) is 102 cm³/mol. The van der Waals surface area contributed by atoms with E-state index in [9.17, 15) is 4.79 Å². The number of nitrogens with zero attached hydrogens (tertiary/aromatic N) is 2. The zero-order valence-electron chi connectivity index (χ0n) is 14.6. The largest absolute Gasteiger partial charge is 0.486 e. The molecule has 7 heteroatoms. The Balaban J connectivity index is 1.46. The first-order chi connectivity index (χ1) is 12.6. The number of amides is 1. The molecule has 1 amide bonds. The fourth-order valence-electron chi connectivity index (χ4n) is 2.81. The van der Waals surface area contributed by atoms with E-state index in [0.717, 1.165) is 16.2 Å². The van der Waals surface area contributed by atoms with Gasteiger partial charge in [0.05, 0.1) is 16.3 Å². The Bertz CT molecular complexity index is 970. The number of ether oxygens (including phenoxy) is 2. The van der Waals surface area contributed by atoms with Crippen LogP contribution in [0.1, 0.15) is 6.92 Å². The number of carbonyl (C=O) groups is 1. The van der Waals surface area contributed by atoms with Crippen LogP contribution in [0.4, 0.5) is 5.69 Å². The maximum Gasteiger partial charge on any atom is 0.237 e. The minimum absolute atomic E-state index is 0.0845. The number of aryl methyl sites for hydroxylation is 1. The first-order valence-electron chi connectivity index (χ1n) is 8.40. The number of hydrogen-bond donors (Lipinski definition) is 1. The molecule has 1 aromatic heterocycles. The standard InChI is InChI=1S/C19H19N3O3S/c1-12(26-19-21-14-5-3-4-6-15(14)22(19)2)18(23)20-13-7-8-16-17(11-13)25-10-9-24-16/h3-8,11-12H,9-10H2,1-2H3,(H,20,23)/t12-/m0/s1. The second-order valence-electron chi connectivity index (χ2n) is 6.05. The normalized spacial score (nSPS) is 14.2. The van der Waals surface area contributed by atoms with Gasteiger partial charge in [0, 0.05) is 18.8 Å².